The molecule has 0 bridgehead atoms. The molecule has 0 unspecified atom stereocenters. The van der Waals surface area contributed by atoms with Gasteiger partial charge in [-0.25, -0.2) is 0 Å². The molecular weight excluding hydrogens is 628 g/mol. The summed E-state index contributed by atoms with van der Waals surface area (Å²) in [5.41, 5.74) is 8.11. The second-order valence-electron chi connectivity index (χ2n) is 10.9. The number of fused-ring (bicyclic) bond motifs is 3. The molecule has 0 saturated carbocycles. The molecule has 6 heterocycles. The van der Waals surface area contributed by atoms with Gasteiger partial charge in [-0.3, -0.25) is 0 Å². The van der Waals surface area contributed by atoms with Gasteiger partial charge >= 0.3 is 270 Å². The first-order valence-electron chi connectivity index (χ1n) is 15.0. The summed E-state index contributed by atoms with van der Waals surface area (Å²) in [5, 5.41) is 0. The second kappa shape index (κ2) is 10.9. The molecule has 216 valence electrons. The standard InChI is InChI=1S/3C12H8N3.Ga/c3*1-2-6-10-9(5-1)14-12(15-10)11-7-3-4-8-13-11;/h3*1-8H;/q3*-1;+3. The fourth-order valence-electron chi connectivity index (χ4n) is 6.21. The molecule has 9 aromatic rings. The van der Waals surface area contributed by atoms with Gasteiger partial charge in [0.25, 0.3) is 0 Å². The first-order valence-corrected chi connectivity index (χ1v) is 18.3. The molecule has 0 saturated heterocycles. The third kappa shape index (κ3) is 4.26. The van der Waals surface area contributed by atoms with Crippen molar-refractivity contribution in [1.82, 2.24) is 39.7 Å². The molecule has 0 aliphatic rings. The van der Waals surface area contributed by atoms with E-state index in [0.29, 0.717) is 0 Å². The van der Waals surface area contributed by atoms with Crippen LogP contribution in [0, 0.1) is 0 Å². The quantitative estimate of drug-likeness (QED) is 0.183. The van der Waals surface area contributed by atoms with E-state index in [2.05, 4.69) is 64.4 Å². The van der Waals surface area contributed by atoms with E-state index in [9.17, 15) is 0 Å². The van der Waals surface area contributed by atoms with Crippen LogP contribution >= 0.6 is 0 Å². The molecule has 0 spiro atoms. The van der Waals surface area contributed by atoms with E-state index >= 15 is 0 Å². The number of hydrogen-bond acceptors (Lipinski definition) is 6. The van der Waals surface area contributed by atoms with Gasteiger partial charge in [-0.1, -0.05) is 0 Å². The number of imidazole rings is 3. The third-order valence-corrected chi connectivity index (χ3v) is 14.4. The summed E-state index contributed by atoms with van der Waals surface area (Å²) in [5.74, 6) is 2.38. The Morgan fingerprint density at radius 2 is 0.652 bits per heavy atom. The van der Waals surface area contributed by atoms with Crippen molar-refractivity contribution in [3.05, 3.63) is 146 Å². The monoisotopic (exact) mass is 651 g/mol. The minimum atomic E-state index is -3.57. The predicted octanol–water partition coefficient (Wildman–Crippen LogP) is 6.85. The van der Waals surface area contributed by atoms with E-state index in [-0.39, 0.29) is 0 Å². The molecule has 0 atom stereocenters. The molecule has 46 heavy (non-hydrogen) atoms. The van der Waals surface area contributed by atoms with Crippen LogP contribution in [0.5, 0.6) is 0 Å². The van der Waals surface area contributed by atoms with Crippen LogP contribution in [0.3, 0.4) is 0 Å². The van der Waals surface area contributed by atoms with E-state index in [1.54, 1.807) is 0 Å². The van der Waals surface area contributed by atoms with Crippen molar-refractivity contribution >= 4 is 50.0 Å². The van der Waals surface area contributed by atoms with Gasteiger partial charge in [0.15, 0.2) is 0 Å². The fraction of sp³-hybridized carbons (Fsp3) is 0. The second-order valence-corrected chi connectivity index (χ2v) is 15.6. The summed E-state index contributed by atoms with van der Waals surface area (Å²) in [6.45, 7) is 0. The van der Waals surface area contributed by atoms with Gasteiger partial charge in [-0.15, -0.1) is 0 Å². The van der Waals surface area contributed by atoms with Gasteiger partial charge < -0.3 is 0 Å². The minimum absolute atomic E-state index is 0.793. The first-order chi connectivity index (χ1) is 22.8. The van der Waals surface area contributed by atoms with Crippen LogP contribution in [0.25, 0.3) is 67.7 Å². The Morgan fingerprint density at radius 1 is 0.348 bits per heavy atom. The molecule has 6 aromatic heterocycles. The van der Waals surface area contributed by atoms with Gasteiger partial charge in [0.1, 0.15) is 0 Å². The number of pyridine rings is 3. The molecule has 0 N–H and O–H groups in total. The fourth-order valence-corrected chi connectivity index (χ4v) is 13.2. The van der Waals surface area contributed by atoms with Crippen LogP contribution in [0.2, 0.25) is 0 Å². The summed E-state index contributed by atoms with van der Waals surface area (Å²) in [6.07, 6.45) is 5.46. The summed E-state index contributed by atoms with van der Waals surface area (Å²) in [7, 11) is 0. The van der Waals surface area contributed by atoms with Gasteiger partial charge in [-0.05, 0) is 0 Å². The zero-order valence-electron chi connectivity index (χ0n) is 24.5. The first kappa shape index (κ1) is 26.5. The van der Waals surface area contributed by atoms with E-state index in [1.807, 2.05) is 91.4 Å². The van der Waals surface area contributed by atoms with Crippen LogP contribution in [0.15, 0.2) is 146 Å². The number of benzene rings is 3. The van der Waals surface area contributed by atoms with E-state index < -0.39 is 16.9 Å². The summed E-state index contributed by atoms with van der Waals surface area (Å²) in [4.78, 5) is 30.1. The van der Waals surface area contributed by atoms with Crippen LogP contribution in [-0.4, -0.2) is 56.7 Å². The molecule has 0 fully saturated rings. The summed E-state index contributed by atoms with van der Waals surface area (Å²) < 4.78 is 7.27. The number of aromatic nitrogens is 9. The number of para-hydroxylation sites is 6. The molecular formula is C36H24GaN9. The van der Waals surface area contributed by atoms with Crippen molar-refractivity contribution in [1.29, 1.82) is 0 Å². The van der Waals surface area contributed by atoms with Crippen molar-refractivity contribution in [2.75, 3.05) is 0 Å². The van der Waals surface area contributed by atoms with E-state index in [0.717, 1.165) is 67.7 Å². The molecule has 0 aliphatic heterocycles. The number of rotatable bonds is 6. The summed E-state index contributed by atoms with van der Waals surface area (Å²) in [6, 6.07) is 42.8. The predicted molar refractivity (Wildman–Crippen MR) is 181 cm³/mol. The van der Waals surface area contributed by atoms with Crippen LogP contribution in [0.4, 0.5) is 0 Å². The van der Waals surface area contributed by atoms with Gasteiger partial charge in [0.2, 0.25) is 0 Å². The molecule has 3 aromatic carbocycles. The van der Waals surface area contributed by atoms with Gasteiger partial charge in [0.05, 0.1) is 0 Å². The van der Waals surface area contributed by atoms with E-state index in [1.165, 1.54) is 0 Å². The van der Waals surface area contributed by atoms with Crippen LogP contribution < -0.4 is 0 Å². The molecule has 0 radical (unpaired) electrons. The topological polar surface area (TPSA) is 92.1 Å². The molecule has 9 nitrogen and oxygen atoms in total. The van der Waals surface area contributed by atoms with Gasteiger partial charge in [0, 0.05) is 0 Å². The Hall–Kier alpha value is -5.84. The zero-order valence-corrected chi connectivity index (χ0v) is 26.9. The number of hydrogen-bond donors (Lipinski definition) is 0. The Morgan fingerprint density at radius 3 is 0.957 bits per heavy atom. The maximum absolute atomic E-state index is 5.24. The normalized spacial score (nSPS) is 11.5. The Balaban J connectivity index is 1.49. The van der Waals surface area contributed by atoms with Crippen molar-refractivity contribution in [2.24, 2.45) is 0 Å². The van der Waals surface area contributed by atoms with Crippen molar-refractivity contribution < 1.29 is 0 Å². The molecule has 0 amide bonds. The van der Waals surface area contributed by atoms with Crippen molar-refractivity contribution in [2.45, 2.75) is 0 Å². The Kier molecular flexibility index (Phi) is 6.32. The maximum atomic E-state index is 5.24. The average molecular weight is 652 g/mol. The zero-order chi connectivity index (χ0) is 30.5. The molecule has 9 rings (SSSR count). The van der Waals surface area contributed by atoms with E-state index in [4.69, 9.17) is 29.9 Å². The van der Waals surface area contributed by atoms with Crippen LogP contribution in [0.1, 0.15) is 0 Å². The average Bonchev–Trinajstić information content (AvgIpc) is 3.83. The molecule has 10 heteroatoms. The Labute approximate surface area is 269 Å². The van der Waals surface area contributed by atoms with Crippen LogP contribution in [-0.2, 0) is 0 Å². The molecule has 0 aliphatic carbocycles. The van der Waals surface area contributed by atoms with Crippen molar-refractivity contribution in [3.63, 3.8) is 0 Å². The Bertz CT molecular complexity index is 2210. The van der Waals surface area contributed by atoms with Crippen molar-refractivity contribution in [3.8, 4) is 34.6 Å². The SMILES string of the molecule is c1ccc(-c2nc3ccccc3[n]2[Ga]([n]2c(-c3ccccn3)nc3ccccc32)[n]2c(-c3ccccn3)nc3ccccc32)nc1. The van der Waals surface area contributed by atoms with Gasteiger partial charge in [-0.2, -0.15) is 0 Å². The summed E-state index contributed by atoms with van der Waals surface area (Å²) >= 11 is -3.57. The third-order valence-electron chi connectivity index (χ3n) is 8.16. The number of nitrogens with zero attached hydrogens (tertiary/aromatic N) is 9.